The molecule has 2 aromatic rings. The maximum atomic E-state index is 12.1. The van der Waals surface area contributed by atoms with Crippen LogP contribution in [0.3, 0.4) is 0 Å². The molecule has 13 nitrogen and oxygen atoms in total. The molecule has 16 heteroatoms. The van der Waals surface area contributed by atoms with Gasteiger partial charge in [-0.05, 0) is 30.9 Å². The van der Waals surface area contributed by atoms with Gasteiger partial charge >= 0.3 is 7.60 Å². The van der Waals surface area contributed by atoms with Crippen molar-refractivity contribution >= 4 is 43.5 Å². The molecule has 2 aliphatic heterocycles. The zero-order valence-electron chi connectivity index (χ0n) is 16.8. The molecule has 2 saturated heterocycles. The Balaban J connectivity index is 1.55. The number of anilines is 1. The van der Waals surface area contributed by atoms with Crippen molar-refractivity contribution < 1.29 is 38.8 Å². The molecule has 0 aliphatic carbocycles. The van der Waals surface area contributed by atoms with Gasteiger partial charge in [-0.1, -0.05) is 0 Å². The van der Waals surface area contributed by atoms with Gasteiger partial charge in [-0.15, -0.1) is 0 Å². The van der Waals surface area contributed by atoms with Crippen LogP contribution in [0, 0.1) is 0 Å². The highest BCUT2D eigenvalue weighted by atomic mass is 35.5. The summed E-state index contributed by atoms with van der Waals surface area (Å²) in [5.41, 5.74) is 0.768. The third-order valence-electron chi connectivity index (χ3n) is 5.56. The van der Waals surface area contributed by atoms with E-state index in [2.05, 4.69) is 15.0 Å². The minimum atomic E-state index is -4.68. The number of fused-ring (bicyclic) bond motifs is 1. The van der Waals surface area contributed by atoms with E-state index < -0.39 is 51.6 Å². The molecule has 4 rings (SSSR count). The van der Waals surface area contributed by atoms with Crippen LogP contribution < -0.4 is 4.90 Å². The smallest absolute Gasteiger partial charge is 0.335 e. The van der Waals surface area contributed by atoms with Crippen LogP contribution in [0.2, 0.25) is 5.28 Å². The van der Waals surface area contributed by atoms with Crippen molar-refractivity contribution in [3.05, 3.63) is 11.6 Å². The normalized spacial score (nSPS) is 28.5. The van der Waals surface area contributed by atoms with Gasteiger partial charge in [0, 0.05) is 19.3 Å². The first-order valence-corrected chi connectivity index (χ1v) is 14.2. The molecular weight excluding hydrogens is 488 g/mol. The van der Waals surface area contributed by atoms with Gasteiger partial charge in [0.15, 0.2) is 23.2 Å². The lowest BCUT2D eigenvalue weighted by Crippen LogP contribution is -2.32. The Bertz CT molecular complexity index is 1090. The third-order valence-corrected chi connectivity index (χ3v) is 9.93. The lowest BCUT2D eigenvalue weighted by molar-refractivity contribution is -0.0354. The zero-order chi connectivity index (χ0) is 23.3. The van der Waals surface area contributed by atoms with E-state index in [-0.39, 0.29) is 11.7 Å². The van der Waals surface area contributed by atoms with Gasteiger partial charge in [0.05, 0.1) is 12.4 Å². The van der Waals surface area contributed by atoms with Gasteiger partial charge in [0.25, 0.3) is 0 Å². The Morgan fingerprint density at radius 1 is 1.12 bits per heavy atom. The van der Waals surface area contributed by atoms with Crippen LogP contribution in [-0.4, -0.2) is 87.9 Å². The number of halogens is 1. The van der Waals surface area contributed by atoms with Crippen LogP contribution in [0.1, 0.15) is 25.5 Å². The topological polar surface area (TPSA) is 191 Å². The van der Waals surface area contributed by atoms with Crippen LogP contribution in [0.5, 0.6) is 0 Å². The van der Waals surface area contributed by atoms with Crippen LogP contribution in [0.25, 0.3) is 11.2 Å². The first kappa shape index (κ1) is 24.0. The number of ether oxygens (including phenoxy) is 1. The highest BCUT2D eigenvalue weighted by Crippen LogP contribution is 2.55. The van der Waals surface area contributed by atoms with E-state index in [0.717, 1.165) is 25.9 Å². The van der Waals surface area contributed by atoms with Gasteiger partial charge < -0.3 is 34.5 Å². The number of nitrogens with zero attached hydrogens (tertiary/aromatic N) is 5. The number of rotatable bonds is 7. The van der Waals surface area contributed by atoms with E-state index in [1.165, 1.54) is 10.9 Å². The van der Waals surface area contributed by atoms with E-state index in [1.54, 1.807) is 0 Å². The van der Waals surface area contributed by atoms with Gasteiger partial charge in [0.1, 0.15) is 18.1 Å². The summed E-state index contributed by atoms with van der Waals surface area (Å²) in [6.45, 7) is 1.60. The summed E-state index contributed by atoms with van der Waals surface area (Å²) in [4.78, 5) is 42.6. The van der Waals surface area contributed by atoms with Crippen molar-refractivity contribution in [2.75, 3.05) is 30.1 Å². The van der Waals surface area contributed by atoms with Crippen molar-refractivity contribution in [1.82, 2.24) is 19.5 Å². The molecule has 2 aromatic heterocycles. The standard InChI is InChI=1S/C16H24ClN5O8P2/c17-16-19-13(21-4-1-2-5-21)10-14(20-16)22(7-18-10)15-12(24)11(23)9(30-15)3-6-31(25,26)8-32(27,28)29/h7,9,11-12,15,23-24H,1-6,8H2,(H,25,26)(H2,27,28,29)/t9-,11?,12+,15-/m1/s1. The first-order valence-electron chi connectivity index (χ1n) is 9.97. The maximum Gasteiger partial charge on any atom is 0.335 e. The van der Waals surface area contributed by atoms with Crippen molar-refractivity contribution in [3.8, 4) is 0 Å². The lowest BCUT2D eigenvalue weighted by atomic mass is 10.1. The summed E-state index contributed by atoms with van der Waals surface area (Å²) in [6.07, 6.45) is -2.21. The molecule has 5 atom stereocenters. The van der Waals surface area contributed by atoms with Crippen LogP contribution in [-0.2, 0) is 13.9 Å². The molecular formula is C16H24ClN5O8P2. The van der Waals surface area contributed by atoms with Crippen molar-refractivity contribution in [1.29, 1.82) is 0 Å². The van der Waals surface area contributed by atoms with Gasteiger partial charge in [-0.2, -0.15) is 9.97 Å². The van der Waals surface area contributed by atoms with Gasteiger partial charge in [-0.25, -0.2) is 4.98 Å². The van der Waals surface area contributed by atoms with E-state index in [0.29, 0.717) is 17.0 Å². The molecule has 178 valence electrons. The number of imidazole rings is 1. The average Bonchev–Trinajstić information content (AvgIpc) is 3.39. The number of hydrogen-bond acceptors (Lipinski definition) is 9. The highest BCUT2D eigenvalue weighted by molar-refractivity contribution is 7.72. The quantitative estimate of drug-likeness (QED) is 0.256. The molecule has 5 N–H and O–H groups in total. The van der Waals surface area contributed by atoms with E-state index in [1.807, 2.05) is 4.90 Å². The monoisotopic (exact) mass is 511 g/mol. The Kier molecular flexibility index (Phi) is 6.68. The molecule has 0 radical (unpaired) electrons. The minimum absolute atomic E-state index is 0.00982. The maximum absolute atomic E-state index is 12.1. The Hall–Kier alpha value is -1.14. The van der Waals surface area contributed by atoms with E-state index in [4.69, 9.17) is 26.1 Å². The van der Waals surface area contributed by atoms with Crippen molar-refractivity contribution in [2.45, 2.75) is 43.8 Å². The summed E-state index contributed by atoms with van der Waals surface area (Å²) in [6, 6.07) is 0. The second-order valence-electron chi connectivity index (χ2n) is 8.05. The van der Waals surface area contributed by atoms with Crippen LogP contribution in [0.4, 0.5) is 5.82 Å². The molecule has 2 unspecified atom stereocenters. The molecule has 0 bridgehead atoms. The molecule has 4 heterocycles. The first-order chi connectivity index (χ1) is 15.0. The Labute approximate surface area is 187 Å². The van der Waals surface area contributed by atoms with Gasteiger partial charge in [-0.3, -0.25) is 13.7 Å². The Morgan fingerprint density at radius 2 is 1.81 bits per heavy atom. The summed E-state index contributed by atoms with van der Waals surface area (Å²) in [5.74, 6) is -0.588. The molecule has 0 saturated carbocycles. The summed E-state index contributed by atoms with van der Waals surface area (Å²) in [7, 11) is -8.84. The molecule has 0 amide bonds. The van der Waals surface area contributed by atoms with Gasteiger partial charge in [0.2, 0.25) is 12.7 Å². The molecule has 2 aliphatic rings. The van der Waals surface area contributed by atoms with Crippen molar-refractivity contribution in [2.24, 2.45) is 0 Å². The fourth-order valence-corrected chi connectivity index (χ4v) is 7.78. The van der Waals surface area contributed by atoms with Crippen molar-refractivity contribution in [3.63, 3.8) is 0 Å². The summed E-state index contributed by atoms with van der Waals surface area (Å²) in [5, 5.41) is 21.0. The van der Waals surface area contributed by atoms with Crippen LogP contribution >= 0.6 is 26.6 Å². The molecule has 0 aromatic carbocycles. The number of aliphatic hydroxyl groups excluding tert-OH is 2. The molecule has 2 fully saturated rings. The second-order valence-corrected chi connectivity index (χ2v) is 13.0. The predicted molar refractivity (Wildman–Crippen MR) is 114 cm³/mol. The summed E-state index contributed by atoms with van der Waals surface area (Å²) < 4.78 is 30.3. The van der Waals surface area contributed by atoms with E-state index >= 15 is 0 Å². The minimum Gasteiger partial charge on any atom is -0.388 e. The summed E-state index contributed by atoms with van der Waals surface area (Å²) >= 11 is 6.12. The molecule has 32 heavy (non-hydrogen) atoms. The number of aromatic nitrogens is 4. The fourth-order valence-electron chi connectivity index (χ4n) is 4.10. The zero-order valence-corrected chi connectivity index (χ0v) is 19.4. The SMILES string of the molecule is O=P(O)(O)CP(=O)(O)CC[C@H]1O[C@@H](n2cnc3c(N4CCCC4)nc(Cl)nc32)[C@@H](O)C1O. The number of hydrogen-bond donors (Lipinski definition) is 5. The Morgan fingerprint density at radius 3 is 2.47 bits per heavy atom. The highest BCUT2D eigenvalue weighted by Gasteiger charge is 2.45. The molecule has 0 spiro atoms. The number of aliphatic hydroxyl groups is 2. The average molecular weight is 512 g/mol. The largest absolute Gasteiger partial charge is 0.388 e. The third kappa shape index (κ3) is 5.01. The predicted octanol–water partition coefficient (Wildman–Crippen LogP) is 0.495. The van der Waals surface area contributed by atoms with E-state index in [9.17, 15) is 24.2 Å². The second kappa shape index (κ2) is 8.90. The van der Waals surface area contributed by atoms with Crippen LogP contribution in [0.15, 0.2) is 6.33 Å². The fraction of sp³-hybridized carbons (Fsp3) is 0.688. The lowest BCUT2D eigenvalue weighted by Gasteiger charge is -2.19.